The second-order valence-corrected chi connectivity index (χ2v) is 3.29. The van der Waals surface area contributed by atoms with Crippen LogP contribution in [-0.2, 0) is 0 Å². The third kappa shape index (κ3) is 3.30. The van der Waals surface area contributed by atoms with Crippen molar-refractivity contribution in [2.75, 3.05) is 12.0 Å². The second kappa shape index (κ2) is 5.38. The van der Waals surface area contributed by atoms with Crippen LogP contribution in [0.5, 0.6) is 0 Å². The Morgan fingerprint density at radius 2 is 2.09 bits per heavy atom. The molecule has 0 unspecified atom stereocenters. The summed E-state index contributed by atoms with van der Waals surface area (Å²) in [7, 11) is 0. The molecule has 4 heteroatoms. The first-order valence-corrected chi connectivity index (χ1v) is 4.53. The van der Waals surface area contributed by atoms with E-state index in [4.69, 9.17) is 5.73 Å². The molecule has 0 radical (unpaired) electrons. The molecule has 0 amide bonds. The molecule has 1 nitrogen and oxygen atoms in total. The summed E-state index contributed by atoms with van der Waals surface area (Å²) < 4.78 is 0. The summed E-state index contributed by atoms with van der Waals surface area (Å²) in [6.45, 7) is 0. The quantitative estimate of drug-likeness (QED) is 0.308. The van der Waals surface area contributed by atoms with Gasteiger partial charge in [-0.2, -0.15) is 0 Å². The van der Waals surface area contributed by atoms with Gasteiger partial charge in [0.2, 0.25) is 0 Å². The van der Waals surface area contributed by atoms with Gasteiger partial charge in [-0.3, -0.25) is 0 Å². The van der Waals surface area contributed by atoms with Crippen LogP contribution in [0, 0.1) is 0 Å². The van der Waals surface area contributed by atoms with Crippen molar-refractivity contribution in [3.05, 3.63) is 18.2 Å². The summed E-state index contributed by atoms with van der Waals surface area (Å²) in [5, 5.41) is 0. The van der Waals surface area contributed by atoms with Crippen molar-refractivity contribution in [3.63, 3.8) is 0 Å². The number of benzene rings is 1. The molecule has 0 spiro atoms. The fourth-order valence-electron chi connectivity index (χ4n) is 0.660. The van der Waals surface area contributed by atoms with Crippen molar-refractivity contribution >= 4 is 59.6 Å². The maximum atomic E-state index is 5.61. The standard InChI is InChI=1S/C7H9NS2.Na.H/c1-10-5-2-3-7(9)6(8)4-5;;/h2-4,9H,8H2,1H3;;. The number of hydrogen-bond donors (Lipinski definition) is 2. The van der Waals surface area contributed by atoms with Gasteiger partial charge in [0.1, 0.15) is 0 Å². The predicted molar refractivity (Wildman–Crippen MR) is 57.0 cm³/mol. The van der Waals surface area contributed by atoms with Crippen molar-refractivity contribution in [3.8, 4) is 0 Å². The predicted octanol–water partition coefficient (Wildman–Crippen LogP) is 1.63. The number of nitrogen functional groups attached to an aromatic ring is 1. The minimum atomic E-state index is 0. The van der Waals surface area contributed by atoms with Crippen LogP contribution in [0.15, 0.2) is 28.0 Å². The van der Waals surface area contributed by atoms with Crippen LogP contribution in [0.25, 0.3) is 0 Å². The Morgan fingerprint density at radius 1 is 1.45 bits per heavy atom. The first-order valence-electron chi connectivity index (χ1n) is 2.86. The molecule has 0 saturated carbocycles. The van der Waals surface area contributed by atoms with Gasteiger partial charge in [-0.05, 0) is 24.5 Å². The summed E-state index contributed by atoms with van der Waals surface area (Å²) in [6, 6.07) is 5.83. The monoisotopic (exact) mass is 195 g/mol. The average Bonchev–Trinajstić information content (AvgIpc) is 1.95. The van der Waals surface area contributed by atoms with Crippen LogP contribution >= 0.6 is 24.4 Å². The molecule has 0 heterocycles. The van der Waals surface area contributed by atoms with E-state index < -0.39 is 0 Å². The third-order valence-electron chi connectivity index (χ3n) is 1.23. The van der Waals surface area contributed by atoms with Crippen molar-refractivity contribution in [2.45, 2.75) is 9.79 Å². The average molecular weight is 195 g/mol. The zero-order valence-electron chi connectivity index (χ0n) is 5.66. The number of thiol groups is 1. The van der Waals surface area contributed by atoms with Crippen molar-refractivity contribution in [1.29, 1.82) is 0 Å². The zero-order valence-corrected chi connectivity index (χ0v) is 7.38. The van der Waals surface area contributed by atoms with Crippen LogP contribution in [0.3, 0.4) is 0 Å². The summed E-state index contributed by atoms with van der Waals surface area (Å²) in [6.07, 6.45) is 2.02. The van der Waals surface area contributed by atoms with Crippen LogP contribution < -0.4 is 5.73 Å². The molecular formula is C7H10NNaS2. The van der Waals surface area contributed by atoms with E-state index in [0.717, 1.165) is 10.6 Å². The van der Waals surface area contributed by atoms with Gasteiger partial charge in [-0.1, -0.05) is 0 Å². The second-order valence-electron chi connectivity index (χ2n) is 1.92. The van der Waals surface area contributed by atoms with Crippen molar-refractivity contribution in [1.82, 2.24) is 0 Å². The third-order valence-corrected chi connectivity index (χ3v) is 2.37. The molecule has 1 aromatic carbocycles. The van der Waals surface area contributed by atoms with Gasteiger partial charge in [-0.25, -0.2) is 0 Å². The molecule has 0 atom stereocenters. The molecule has 56 valence electrons. The van der Waals surface area contributed by atoms with E-state index in [9.17, 15) is 0 Å². The van der Waals surface area contributed by atoms with Crippen LogP contribution in [0.4, 0.5) is 5.69 Å². The molecule has 0 aliphatic carbocycles. The number of nitrogens with two attached hydrogens (primary N) is 1. The molecule has 0 aliphatic heterocycles. The van der Waals surface area contributed by atoms with E-state index in [0.29, 0.717) is 0 Å². The van der Waals surface area contributed by atoms with E-state index in [1.165, 1.54) is 4.90 Å². The van der Waals surface area contributed by atoms with Crippen molar-refractivity contribution < 1.29 is 0 Å². The number of rotatable bonds is 1. The van der Waals surface area contributed by atoms with Gasteiger partial charge in [-0.15, -0.1) is 24.4 Å². The molecule has 0 bridgehead atoms. The molecule has 11 heavy (non-hydrogen) atoms. The van der Waals surface area contributed by atoms with Crippen LogP contribution in [-0.4, -0.2) is 35.8 Å². The first kappa shape index (κ1) is 11.7. The summed E-state index contributed by atoms with van der Waals surface area (Å²) in [4.78, 5) is 2.02. The Balaban J connectivity index is 0.000001000. The van der Waals surface area contributed by atoms with E-state index in [1.54, 1.807) is 11.8 Å². The fraction of sp³-hybridized carbons (Fsp3) is 0.143. The number of anilines is 1. The van der Waals surface area contributed by atoms with Crippen LogP contribution in [0.1, 0.15) is 0 Å². The van der Waals surface area contributed by atoms with Gasteiger partial charge in [0.15, 0.2) is 0 Å². The first-order chi connectivity index (χ1) is 4.74. The molecule has 0 saturated heterocycles. The molecule has 1 aromatic rings. The molecule has 0 aromatic heterocycles. The summed E-state index contributed by atoms with van der Waals surface area (Å²) >= 11 is 5.83. The van der Waals surface area contributed by atoms with Gasteiger partial charge in [0.25, 0.3) is 0 Å². The van der Waals surface area contributed by atoms with E-state index in [-0.39, 0.29) is 29.6 Å². The Bertz CT molecular complexity index is 240. The Kier molecular flexibility index (Phi) is 5.73. The zero-order chi connectivity index (χ0) is 7.56. The van der Waals surface area contributed by atoms with Gasteiger partial charge in [0.05, 0.1) is 0 Å². The SMILES string of the molecule is CSc1ccc(S)c(N)c1.[NaH]. The summed E-state index contributed by atoms with van der Waals surface area (Å²) in [5.74, 6) is 0. The Hall–Kier alpha value is 0.720. The molecule has 1 rings (SSSR count). The Labute approximate surface area is 98.8 Å². The van der Waals surface area contributed by atoms with E-state index in [1.807, 2.05) is 24.5 Å². The fourth-order valence-corrected chi connectivity index (χ4v) is 1.25. The van der Waals surface area contributed by atoms with E-state index >= 15 is 0 Å². The minimum absolute atomic E-state index is 0. The van der Waals surface area contributed by atoms with Gasteiger partial charge < -0.3 is 5.73 Å². The molecule has 2 N–H and O–H groups in total. The van der Waals surface area contributed by atoms with Gasteiger partial charge in [0, 0.05) is 15.5 Å². The van der Waals surface area contributed by atoms with Crippen molar-refractivity contribution in [2.24, 2.45) is 0 Å². The molecule has 0 fully saturated rings. The normalized spacial score (nSPS) is 8.91. The van der Waals surface area contributed by atoms with Crippen LogP contribution in [0.2, 0.25) is 0 Å². The van der Waals surface area contributed by atoms with Gasteiger partial charge >= 0.3 is 29.6 Å². The number of hydrogen-bond acceptors (Lipinski definition) is 3. The van der Waals surface area contributed by atoms with E-state index in [2.05, 4.69) is 12.6 Å². The maximum absolute atomic E-state index is 5.61. The molecule has 0 aliphatic rings. The topological polar surface area (TPSA) is 26.0 Å². The molecular weight excluding hydrogens is 185 g/mol. The Morgan fingerprint density at radius 3 is 2.55 bits per heavy atom. The summed E-state index contributed by atoms with van der Waals surface area (Å²) in [5.41, 5.74) is 6.35. The number of thioether (sulfide) groups is 1.